The Bertz CT molecular complexity index is 618. The van der Waals surface area contributed by atoms with Crippen molar-refractivity contribution >= 4 is 11.7 Å². The van der Waals surface area contributed by atoms with Gasteiger partial charge in [0.05, 0.1) is 0 Å². The molecule has 1 aromatic rings. The van der Waals surface area contributed by atoms with Gasteiger partial charge in [-0.05, 0) is 44.4 Å². The van der Waals surface area contributed by atoms with E-state index in [2.05, 4.69) is 27.1 Å². The molecule has 27 heavy (non-hydrogen) atoms. The van der Waals surface area contributed by atoms with Crippen LogP contribution in [-0.4, -0.2) is 96.7 Å². The summed E-state index contributed by atoms with van der Waals surface area (Å²) in [5, 5.41) is 12.3. The molecule has 0 saturated carbocycles. The Hall–Kier alpha value is -1.70. The van der Waals surface area contributed by atoms with Crippen molar-refractivity contribution in [2.75, 3.05) is 65.3 Å². The van der Waals surface area contributed by atoms with E-state index in [-0.39, 0.29) is 12.5 Å². The number of nitrogens with one attached hydrogen (secondary N) is 1. The number of rotatable bonds is 6. The van der Waals surface area contributed by atoms with Crippen LogP contribution in [0.5, 0.6) is 0 Å². The number of aliphatic hydroxyl groups is 1. The van der Waals surface area contributed by atoms with Crippen molar-refractivity contribution in [2.45, 2.75) is 25.3 Å². The number of carbonyl (C=O) groups excluding carboxylic acids is 1. The number of hydrogen-bond acceptors (Lipinski definition) is 6. The van der Waals surface area contributed by atoms with Gasteiger partial charge in [-0.25, -0.2) is 4.98 Å². The molecule has 3 heterocycles. The first-order valence-electron chi connectivity index (χ1n) is 10.1. The molecule has 7 nitrogen and oxygen atoms in total. The molecule has 2 fully saturated rings. The van der Waals surface area contributed by atoms with E-state index >= 15 is 0 Å². The Morgan fingerprint density at radius 1 is 1.30 bits per heavy atom. The normalized spacial score (nSPS) is 24.8. The number of aliphatic hydroxyl groups excluding tert-OH is 1. The summed E-state index contributed by atoms with van der Waals surface area (Å²) >= 11 is 0. The highest BCUT2D eigenvalue weighted by Crippen LogP contribution is 2.28. The minimum Gasteiger partial charge on any atom is -0.396 e. The standard InChI is InChI=1S/C20H33N5O2/c1-21-19-14-16(5-7-22-19)20(27)25-8-6-18(17(15-25)4-3-13-26)24-11-9-23(2)10-12-24/h5,7,14,17-18,26H,3-4,6,8-13,15H2,1-2H3,(H,21,22)/t17-,18+/m1/s1. The van der Waals surface area contributed by atoms with E-state index in [4.69, 9.17) is 0 Å². The SMILES string of the molecule is CNc1cc(C(=O)N2CC[C@H](N3CCN(C)CC3)[C@H](CCCO)C2)ccn1. The number of piperidine rings is 1. The van der Waals surface area contributed by atoms with E-state index < -0.39 is 0 Å². The fraction of sp³-hybridized carbons (Fsp3) is 0.700. The van der Waals surface area contributed by atoms with Crippen LogP contribution in [0.15, 0.2) is 18.3 Å². The topological polar surface area (TPSA) is 71.9 Å². The van der Waals surface area contributed by atoms with Crippen LogP contribution in [0.1, 0.15) is 29.6 Å². The van der Waals surface area contributed by atoms with E-state index in [1.807, 2.05) is 18.0 Å². The summed E-state index contributed by atoms with van der Waals surface area (Å²) in [5.74, 6) is 1.22. The van der Waals surface area contributed by atoms with E-state index in [1.54, 1.807) is 12.3 Å². The quantitative estimate of drug-likeness (QED) is 0.772. The molecule has 0 radical (unpaired) electrons. The van der Waals surface area contributed by atoms with Crippen LogP contribution in [-0.2, 0) is 0 Å². The van der Waals surface area contributed by atoms with Crippen LogP contribution < -0.4 is 5.32 Å². The van der Waals surface area contributed by atoms with Gasteiger partial charge in [0.25, 0.3) is 5.91 Å². The van der Waals surface area contributed by atoms with Crippen LogP contribution in [0.3, 0.4) is 0 Å². The van der Waals surface area contributed by atoms with Gasteiger partial charge >= 0.3 is 0 Å². The van der Waals surface area contributed by atoms with Crippen molar-refractivity contribution in [1.82, 2.24) is 19.7 Å². The third kappa shape index (κ3) is 4.97. The van der Waals surface area contributed by atoms with Gasteiger partial charge in [-0.15, -0.1) is 0 Å². The zero-order chi connectivity index (χ0) is 19.2. The first kappa shape index (κ1) is 20.0. The van der Waals surface area contributed by atoms with Gasteiger partial charge in [-0.2, -0.15) is 0 Å². The molecule has 0 aromatic carbocycles. The maximum absolute atomic E-state index is 13.0. The molecule has 3 rings (SSSR count). The van der Waals surface area contributed by atoms with Crippen molar-refractivity contribution < 1.29 is 9.90 Å². The monoisotopic (exact) mass is 375 g/mol. The van der Waals surface area contributed by atoms with Crippen LogP contribution in [0.4, 0.5) is 5.82 Å². The maximum atomic E-state index is 13.0. The molecule has 0 spiro atoms. The van der Waals surface area contributed by atoms with Crippen LogP contribution in [0.25, 0.3) is 0 Å². The number of piperazine rings is 1. The molecule has 0 bridgehead atoms. The molecule has 1 amide bonds. The lowest BCUT2D eigenvalue weighted by Crippen LogP contribution is -2.56. The number of anilines is 1. The molecular formula is C20H33N5O2. The number of likely N-dealkylation sites (N-methyl/N-ethyl adjacent to an activating group) is 1. The van der Waals surface area contributed by atoms with Gasteiger partial charge < -0.3 is 20.2 Å². The molecule has 1 aromatic heterocycles. The molecule has 2 N–H and O–H groups in total. The predicted molar refractivity (Wildman–Crippen MR) is 107 cm³/mol. The first-order chi connectivity index (χ1) is 13.1. The molecule has 2 aliphatic heterocycles. The summed E-state index contributed by atoms with van der Waals surface area (Å²) < 4.78 is 0. The molecular weight excluding hydrogens is 342 g/mol. The van der Waals surface area contributed by atoms with Gasteiger partial charge in [0.1, 0.15) is 5.82 Å². The second-order valence-electron chi connectivity index (χ2n) is 7.75. The molecule has 2 saturated heterocycles. The molecule has 2 aliphatic rings. The Labute approximate surface area is 162 Å². The van der Waals surface area contributed by atoms with Gasteiger partial charge in [-0.1, -0.05) is 0 Å². The largest absolute Gasteiger partial charge is 0.396 e. The van der Waals surface area contributed by atoms with Crippen molar-refractivity contribution in [2.24, 2.45) is 5.92 Å². The van der Waals surface area contributed by atoms with Gasteiger partial charge in [0, 0.05) is 70.7 Å². The Morgan fingerprint density at radius 2 is 2.07 bits per heavy atom. The Kier molecular flexibility index (Phi) is 7.04. The summed E-state index contributed by atoms with van der Waals surface area (Å²) in [6, 6.07) is 4.12. The number of hydrogen-bond donors (Lipinski definition) is 2. The van der Waals surface area contributed by atoms with Crippen LogP contribution >= 0.6 is 0 Å². The second-order valence-corrected chi connectivity index (χ2v) is 7.75. The highest BCUT2D eigenvalue weighted by atomic mass is 16.3. The average molecular weight is 376 g/mol. The number of aromatic nitrogens is 1. The molecule has 0 aliphatic carbocycles. The van der Waals surface area contributed by atoms with Crippen molar-refractivity contribution in [3.8, 4) is 0 Å². The minimum atomic E-state index is 0.0831. The summed E-state index contributed by atoms with van der Waals surface area (Å²) in [5.41, 5.74) is 0.688. The second kappa shape index (κ2) is 9.48. The zero-order valence-electron chi connectivity index (χ0n) is 16.6. The van der Waals surface area contributed by atoms with Gasteiger partial charge in [-0.3, -0.25) is 9.69 Å². The lowest BCUT2D eigenvalue weighted by molar-refractivity contribution is 0.0218. The van der Waals surface area contributed by atoms with Gasteiger partial charge in [0.2, 0.25) is 0 Å². The lowest BCUT2D eigenvalue weighted by atomic mass is 9.86. The number of pyridine rings is 1. The Morgan fingerprint density at radius 3 is 2.78 bits per heavy atom. The predicted octanol–water partition coefficient (Wildman–Crippen LogP) is 0.974. The summed E-state index contributed by atoms with van der Waals surface area (Å²) in [6.07, 6.45) is 4.46. The third-order valence-corrected chi connectivity index (χ3v) is 5.98. The molecule has 7 heteroatoms. The van der Waals surface area contributed by atoms with Crippen molar-refractivity contribution in [3.05, 3.63) is 23.9 Å². The fourth-order valence-electron chi connectivity index (χ4n) is 4.36. The van der Waals surface area contributed by atoms with Crippen molar-refractivity contribution in [3.63, 3.8) is 0 Å². The molecule has 2 atom stereocenters. The highest BCUT2D eigenvalue weighted by Gasteiger charge is 2.35. The summed E-state index contributed by atoms with van der Waals surface area (Å²) in [4.78, 5) is 24.2. The first-order valence-corrected chi connectivity index (χ1v) is 10.1. The average Bonchev–Trinajstić information content (AvgIpc) is 2.72. The minimum absolute atomic E-state index is 0.0831. The van der Waals surface area contributed by atoms with E-state index in [1.165, 1.54) is 0 Å². The van der Waals surface area contributed by atoms with Crippen molar-refractivity contribution in [1.29, 1.82) is 0 Å². The number of nitrogens with zero attached hydrogens (tertiary/aromatic N) is 4. The maximum Gasteiger partial charge on any atom is 0.254 e. The third-order valence-electron chi connectivity index (χ3n) is 5.98. The number of carbonyl (C=O) groups is 1. The zero-order valence-corrected chi connectivity index (χ0v) is 16.6. The Balaban J connectivity index is 1.68. The van der Waals surface area contributed by atoms with E-state index in [0.717, 1.165) is 58.5 Å². The highest BCUT2D eigenvalue weighted by molar-refractivity contribution is 5.94. The molecule has 150 valence electrons. The van der Waals surface area contributed by atoms with E-state index in [0.29, 0.717) is 23.3 Å². The van der Waals surface area contributed by atoms with Crippen LogP contribution in [0.2, 0.25) is 0 Å². The summed E-state index contributed by atoms with van der Waals surface area (Å²) in [6.45, 7) is 6.19. The smallest absolute Gasteiger partial charge is 0.254 e. The number of likely N-dealkylation sites (tertiary alicyclic amines) is 1. The molecule has 0 unspecified atom stereocenters. The lowest BCUT2D eigenvalue weighted by Gasteiger charge is -2.46. The number of amides is 1. The summed E-state index contributed by atoms with van der Waals surface area (Å²) in [7, 11) is 3.99. The van der Waals surface area contributed by atoms with E-state index in [9.17, 15) is 9.90 Å². The van der Waals surface area contributed by atoms with Gasteiger partial charge in [0.15, 0.2) is 0 Å². The van der Waals surface area contributed by atoms with Crippen LogP contribution in [0, 0.1) is 5.92 Å². The fourth-order valence-corrected chi connectivity index (χ4v) is 4.36.